The summed E-state index contributed by atoms with van der Waals surface area (Å²) in [5.74, 6) is -0.456. The van der Waals surface area contributed by atoms with Gasteiger partial charge in [0.2, 0.25) is 0 Å². The minimum absolute atomic E-state index is 0.0686. The van der Waals surface area contributed by atoms with E-state index in [0.29, 0.717) is 47.4 Å². The molecule has 2 aromatic carbocycles. The molecule has 36 heavy (non-hydrogen) atoms. The Hall–Kier alpha value is -4.15. The summed E-state index contributed by atoms with van der Waals surface area (Å²) in [6.07, 6.45) is 4.64. The van der Waals surface area contributed by atoms with E-state index in [1.54, 1.807) is 72.0 Å². The van der Waals surface area contributed by atoms with E-state index in [-0.39, 0.29) is 16.6 Å². The summed E-state index contributed by atoms with van der Waals surface area (Å²) in [6.45, 7) is 1.30. The van der Waals surface area contributed by atoms with Crippen LogP contribution in [0.15, 0.2) is 90.2 Å². The fourth-order valence-corrected chi connectivity index (χ4v) is 5.48. The monoisotopic (exact) mass is 501 g/mol. The van der Waals surface area contributed by atoms with Gasteiger partial charge < -0.3 is 10.2 Å². The summed E-state index contributed by atoms with van der Waals surface area (Å²) in [5.41, 5.74) is 1.54. The first-order valence-electron chi connectivity index (χ1n) is 11.4. The number of pyridine rings is 2. The number of aromatic nitrogens is 2. The number of carbonyl (C=O) groups excluding carboxylic acids is 2. The van der Waals surface area contributed by atoms with Gasteiger partial charge in [0, 0.05) is 60.4 Å². The van der Waals surface area contributed by atoms with Gasteiger partial charge >= 0.3 is 0 Å². The highest BCUT2D eigenvalue weighted by atomic mass is 32.2. The third-order valence-electron chi connectivity index (χ3n) is 6.04. The largest absolute Gasteiger partial charge is 0.326 e. The van der Waals surface area contributed by atoms with Crippen LogP contribution in [-0.4, -0.2) is 60.7 Å². The number of ketones is 1. The van der Waals surface area contributed by atoms with Gasteiger partial charge in [0.1, 0.15) is 10.9 Å². The van der Waals surface area contributed by atoms with Crippen molar-refractivity contribution in [3.8, 4) is 0 Å². The zero-order valence-electron chi connectivity index (χ0n) is 19.2. The van der Waals surface area contributed by atoms with Crippen LogP contribution in [0.25, 0.3) is 10.9 Å². The molecule has 1 saturated heterocycles. The number of hydrogen-bond donors (Lipinski definition) is 2. The van der Waals surface area contributed by atoms with Crippen molar-refractivity contribution < 1.29 is 18.0 Å². The summed E-state index contributed by atoms with van der Waals surface area (Å²) < 4.78 is 28.7. The van der Waals surface area contributed by atoms with Gasteiger partial charge in [-0.15, -0.1) is 0 Å². The van der Waals surface area contributed by atoms with Crippen molar-refractivity contribution >= 4 is 38.3 Å². The van der Waals surface area contributed by atoms with E-state index in [2.05, 4.69) is 20.0 Å². The second-order valence-electron chi connectivity index (χ2n) is 8.33. The third-order valence-corrected chi connectivity index (χ3v) is 7.45. The molecule has 1 aliphatic heterocycles. The van der Waals surface area contributed by atoms with Crippen molar-refractivity contribution in [2.75, 3.05) is 24.4 Å². The Kier molecular flexibility index (Phi) is 6.45. The summed E-state index contributed by atoms with van der Waals surface area (Å²) >= 11 is 0. The van der Waals surface area contributed by atoms with E-state index in [4.69, 9.17) is 0 Å². The van der Waals surface area contributed by atoms with Gasteiger partial charge in [0.15, 0.2) is 5.78 Å². The minimum Gasteiger partial charge on any atom is -0.326 e. The Labute approximate surface area is 208 Å². The SMILES string of the molecule is O=C(c1ccncc1)C1CNCCN1C(=O)c1ccc(NS(=O)(=O)c2cccc3cccnc23)cc1. The van der Waals surface area contributed by atoms with Crippen LogP contribution in [0.3, 0.4) is 0 Å². The van der Waals surface area contributed by atoms with Crippen LogP contribution in [0.4, 0.5) is 5.69 Å². The topological polar surface area (TPSA) is 121 Å². The molecule has 0 bridgehead atoms. The highest BCUT2D eigenvalue weighted by molar-refractivity contribution is 7.93. The number of nitrogens with one attached hydrogen (secondary N) is 2. The maximum atomic E-state index is 13.3. The predicted molar refractivity (Wildman–Crippen MR) is 135 cm³/mol. The molecule has 0 radical (unpaired) electrons. The van der Waals surface area contributed by atoms with Gasteiger partial charge in [-0.25, -0.2) is 8.42 Å². The molecule has 1 fully saturated rings. The first kappa shape index (κ1) is 23.6. The number of fused-ring (bicyclic) bond motifs is 1. The number of piperazine rings is 1. The van der Waals surface area contributed by atoms with Gasteiger partial charge in [-0.3, -0.25) is 24.3 Å². The molecule has 1 aliphatic rings. The molecule has 9 nitrogen and oxygen atoms in total. The molecule has 1 amide bonds. The van der Waals surface area contributed by atoms with Crippen molar-refractivity contribution in [3.63, 3.8) is 0 Å². The number of benzene rings is 2. The molecular weight excluding hydrogens is 478 g/mol. The number of amides is 1. The maximum absolute atomic E-state index is 13.3. The van der Waals surface area contributed by atoms with E-state index < -0.39 is 16.1 Å². The van der Waals surface area contributed by atoms with Gasteiger partial charge in [0.05, 0.1) is 5.52 Å². The number of carbonyl (C=O) groups is 2. The lowest BCUT2D eigenvalue weighted by atomic mass is 10.0. The van der Waals surface area contributed by atoms with Crippen LogP contribution in [0.5, 0.6) is 0 Å². The van der Waals surface area contributed by atoms with Gasteiger partial charge in [-0.05, 0) is 48.5 Å². The fraction of sp³-hybridized carbons (Fsp3) is 0.154. The second kappa shape index (κ2) is 9.84. The van der Waals surface area contributed by atoms with Crippen LogP contribution in [-0.2, 0) is 10.0 Å². The lowest BCUT2D eigenvalue weighted by molar-refractivity contribution is 0.0570. The molecule has 1 atom stereocenters. The zero-order chi connectivity index (χ0) is 25.1. The molecule has 5 rings (SSSR count). The smallest absolute Gasteiger partial charge is 0.264 e. The number of para-hydroxylation sites is 1. The Balaban J connectivity index is 1.35. The number of Topliss-reactive ketones (excluding diaryl/α,β-unsaturated/α-hetero) is 1. The second-order valence-corrected chi connectivity index (χ2v) is 9.98. The number of anilines is 1. The summed E-state index contributed by atoms with van der Waals surface area (Å²) in [6, 6.07) is 17.3. The molecule has 2 aromatic heterocycles. The molecule has 0 spiro atoms. The normalized spacial score (nSPS) is 16.0. The van der Waals surface area contributed by atoms with E-state index in [1.807, 2.05) is 0 Å². The van der Waals surface area contributed by atoms with E-state index >= 15 is 0 Å². The van der Waals surface area contributed by atoms with E-state index in [0.717, 1.165) is 0 Å². The molecule has 3 heterocycles. The molecule has 4 aromatic rings. The molecule has 0 aliphatic carbocycles. The summed E-state index contributed by atoms with van der Waals surface area (Å²) in [5, 5.41) is 3.89. The Morgan fingerprint density at radius 2 is 1.67 bits per heavy atom. The average Bonchev–Trinajstić information content (AvgIpc) is 2.92. The number of nitrogens with zero attached hydrogens (tertiary/aromatic N) is 3. The quantitative estimate of drug-likeness (QED) is 0.390. The summed E-state index contributed by atoms with van der Waals surface area (Å²) in [4.78, 5) is 36.1. The fourth-order valence-electron chi connectivity index (χ4n) is 4.24. The molecule has 182 valence electrons. The van der Waals surface area contributed by atoms with Crippen LogP contribution < -0.4 is 10.0 Å². The Morgan fingerprint density at radius 3 is 2.44 bits per heavy atom. The van der Waals surface area contributed by atoms with Crippen LogP contribution >= 0.6 is 0 Å². The zero-order valence-corrected chi connectivity index (χ0v) is 20.0. The Bertz CT molecular complexity index is 1520. The van der Waals surface area contributed by atoms with Gasteiger partial charge in [-0.1, -0.05) is 18.2 Å². The van der Waals surface area contributed by atoms with Crippen LogP contribution in [0.1, 0.15) is 20.7 Å². The minimum atomic E-state index is -3.91. The average molecular weight is 502 g/mol. The molecule has 2 N–H and O–H groups in total. The van der Waals surface area contributed by atoms with Crippen LogP contribution in [0, 0.1) is 0 Å². The van der Waals surface area contributed by atoms with Crippen molar-refractivity contribution in [2.45, 2.75) is 10.9 Å². The maximum Gasteiger partial charge on any atom is 0.264 e. The van der Waals surface area contributed by atoms with Crippen molar-refractivity contribution in [3.05, 3.63) is 96.4 Å². The lowest BCUT2D eigenvalue weighted by Gasteiger charge is -2.35. The van der Waals surface area contributed by atoms with Gasteiger partial charge in [0.25, 0.3) is 15.9 Å². The number of sulfonamides is 1. The van der Waals surface area contributed by atoms with Crippen LogP contribution in [0.2, 0.25) is 0 Å². The first-order valence-corrected chi connectivity index (χ1v) is 12.8. The molecule has 10 heteroatoms. The molecule has 1 unspecified atom stereocenters. The van der Waals surface area contributed by atoms with Crippen molar-refractivity contribution in [2.24, 2.45) is 0 Å². The lowest BCUT2D eigenvalue weighted by Crippen LogP contribution is -2.57. The van der Waals surface area contributed by atoms with Gasteiger partial charge in [-0.2, -0.15) is 0 Å². The highest BCUT2D eigenvalue weighted by Gasteiger charge is 2.33. The Morgan fingerprint density at radius 1 is 0.917 bits per heavy atom. The summed E-state index contributed by atoms with van der Waals surface area (Å²) in [7, 11) is -3.91. The molecule has 0 saturated carbocycles. The number of hydrogen-bond acceptors (Lipinski definition) is 7. The standard InChI is InChI=1S/C26H23N5O4S/c32-25(19-10-13-27-14-11-19)22-17-28-15-16-31(22)26(33)20-6-8-21(9-7-20)30-36(34,35)23-5-1-3-18-4-2-12-29-24(18)23/h1-14,22,28,30H,15-17H2. The first-order chi connectivity index (χ1) is 17.4. The van der Waals surface area contributed by atoms with E-state index in [9.17, 15) is 18.0 Å². The van der Waals surface area contributed by atoms with E-state index in [1.165, 1.54) is 18.2 Å². The van der Waals surface area contributed by atoms with Crippen molar-refractivity contribution in [1.29, 1.82) is 0 Å². The molecular formula is C26H23N5O4S. The van der Waals surface area contributed by atoms with Crippen molar-refractivity contribution in [1.82, 2.24) is 20.2 Å². The third kappa shape index (κ3) is 4.68. The predicted octanol–water partition coefficient (Wildman–Crippen LogP) is 2.73. The number of rotatable bonds is 6. The highest BCUT2D eigenvalue weighted by Crippen LogP contribution is 2.24.